The van der Waals surface area contributed by atoms with Crippen LogP contribution in [0.15, 0.2) is 0 Å². The lowest BCUT2D eigenvalue weighted by atomic mass is 10.1. The molecule has 0 radical (unpaired) electrons. The summed E-state index contributed by atoms with van der Waals surface area (Å²) in [5.74, 6) is 5.66. The molecule has 1 atom stereocenters. The molecule has 0 aromatic heterocycles. The Kier molecular flexibility index (Phi) is 8.33. The SMILES string of the molecule is CCCCN(N)[C@@H](CCC)C(=O)OCC. The van der Waals surface area contributed by atoms with Crippen LogP contribution in [0, 0.1) is 0 Å². The van der Waals surface area contributed by atoms with E-state index in [1.54, 1.807) is 5.01 Å². The van der Waals surface area contributed by atoms with Gasteiger partial charge in [0, 0.05) is 6.54 Å². The molecule has 0 spiro atoms. The van der Waals surface area contributed by atoms with Crippen LogP contribution in [-0.4, -0.2) is 30.2 Å². The number of ether oxygens (including phenoxy) is 1. The molecule has 0 aliphatic carbocycles. The molecule has 15 heavy (non-hydrogen) atoms. The van der Waals surface area contributed by atoms with Crippen LogP contribution in [0.5, 0.6) is 0 Å². The molecule has 0 aliphatic heterocycles. The van der Waals surface area contributed by atoms with E-state index in [-0.39, 0.29) is 12.0 Å². The van der Waals surface area contributed by atoms with E-state index >= 15 is 0 Å². The third kappa shape index (κ3) is 5.74. The molecule has 0 aromatic carbocycles. The fourth-order valence-electron chi connectivity index (χ4n) is 1.43. The maximum atomic E-state index is 11.6. The van der Waals surface area contributed by atoms with Crippen molar-refractivity contribution in [2.45, 2.75) is 52.5 Å². The number of unbranched alkanes of at least 4 members (excludes halogenated alkanes) is 1. The molecule has 0 aliphatic rings. The van der Waals surface area contributed by atoms with Crippen molar-refractivity contribution in [3.05, 3.63) is 0 Å². The van der Waals surface area contributed by atoms with E-state index in [1.165, 1.54) is 0 Å². The summed E-state index contributed by atoms with van der Waals surface area (Å²) in [5, 5.41) is 1.62. The van der Waals surface area contributed by atoms with Crippen molar-refractivity contribution < 1.29 is 9.53 Å². The lowest BCUT2D eigenvalue weighted by Gasteiger charge is -2.25. The predicted molar refractivity (Wildman–Crippen MR) is 61.1 cm³/mol. The van der Waals surface area contributed by atoms with Gasteiger partial charge in [0.2, 0.25) is 0 Å². The molecule has 4 nitrogen and oxygen atoms in total. The van der Waals surface area contributed by atoms with E-state index in [0.717, 1.165) is 32.2 Å². The molecule has 90 valence electrons. The highest BCUT2D eigenvalue weighted by atomic mass is 16.5. The Labute approximate surface area is 92.7 Å². The second-order valence-electron chi connectivity index (χ2n) is 3.65. The fraction of sp³-hybridized carbons (Fsp3) is 0.909. The minimum Gasteiger partial charge on any atom is -0.465 e. The van der Waals surface area contributed by atoms with Gasteiger partial charge in [0.1, 0.15) is 6.04 Å². The summed E-state index contributed by atoms with van der Waals surface area (Å²) < 4.78 is 5.00. The Hall–Kier alpha value is -0.610. The number of carbonyl (C=O) groups is 1. The molecule has 0 rings (SSSR count). The van der Waals surface area contributed by atoms with Gasteiger partial charge in [0.15, 0.2) is 0 Å². The number of hydrazine groups is 1. The van der Waals surface area contributed by atoms with E-state index in [4.69, 9.17) is 10.6 Å². The lowest BCUT2D eigenvalue weighted by molar-refractivity contribution is -0.150. The number of carbonyl (C=O) groups excluding carboxylic acids is 1. The first-order valence-electron chi connectivity index (χ1n) is 5.85. The van der Waals surface area contributed by atoms with Gasteiger partial charge in [-0.15, -0.1) is 0 Å². The molecular weight excluding hydrogens is 192 g/mol. The van der Waals surface area contributed by atoms with Crippen LogP contribution in [0.4, 0.5) is 0 Å². The zero-order chi connectivity index (χ0) is 11.7. The smallest absolute Gasteiger partial charge is 0.324 e. The van der Waals surface area contributed by atoms with Gasteiger partial charge in [-0.3, -0.25) is 10.6 Å². The van der Waals surface area contributed by atoms with Gasteiger partial charge in [0.05, 0.1) is 6.61 Å². The summed E-state index contributed by atoms with van der Waals surface area (Å²) in [6, 6.07) is -0.276. The van der Waals surface area contributed by atoms with Crippen LogP contribution < -0.4 is 5.84 Å². The summed E-state index contributed by atoms with van der Waals surface area (Å²) in [7, 11) is 0. The summed E-state index contributed by atoms with van der Waals surface area (Å²) >= 11 is 0. The topological polar surface area (TPSA) is 55.6 Å². The van der Waals surface area contributed by atoms with Crippen LogP contribution in [-0.2, 0) is 9.53 Å². The first kappa shape index (κ1) is 14.4. The van der Waals surface area contributed by atoms with Crippen LogP contribution in [0.1, 0.15) is 46.5 Å². The van der Waals surface area contributed by atoms with E-state index in [9.17, 15) is 4.79 Å². The van der Waals surface area contributed by atoms with Crippen molar-refractivity contribution >= 4 is 5.97 Å². The molecule has 0 saturated carbocycles. The third-order valence-corrected chi connectivity index (χ3v) is 2.29. The van der Waals surface area contributed by atoms with Gasteiger partial charge in [-0.1, -0.05) is 26.7 Å². The Morgan fingerprint density at radius 1 is 1.33 bits per heavy atom. The van der Waals surface area contributed by atoms with Gasteiger partial charge < -0.3 is 4.74 Å². The van der Waals surface area contributed by atoms with Crippen molar-refractivity contribution in [2.24, 2.45) is 5.84 Å². The van der Waals surface area contributed by atoms with Crippen LogP contribution in [0.3, 0.4) is 0 Å². The maximum Gasteiger partial charge on any atom is 0.324 e. The normalized spacial score (nSPS) is 12.9. The number of rotatable bonds is 8. The van der Waals surface area contributed by atoms with Crippen molar-refractivity contribution in [2.75, 3.05) is 13.2 Å². The number of hydrogen-bond donors (Lipinski definition) is 1. The number of nitrogens with two attached hydrogens (primary N) is 1. The maximum absolute atomic E-state index is 11.6. The third-order valence-electron chi connectivity index (χ3n) is 2.29. The average molecular weight is 216 g/mol. The highest BCUT2D eigenvalue weighted by Crippen LogP contribution is 2.07. The molecule has 4 heteroatoms. The van der Waals surface area contributed by atoms with E-state index in [0.29, 0.717) is 6.61 Å². The largest absolute Gasteiger partial charge is 0.465 e. The fourth-order valence-corrected chi connectivity index (χ4v) is 1.43. The van der Waals surface area contributed by atoms with Gasteiger partial charge in [0.25, 0.3) is 0 Å². The molecular formula is C11H24N2O2. The lowest BCUT2D eigenvalue weighted by Crippen LogP contribution is -2.47. The zero-order valence-corrected chi connectivity index (χ0v) is 10.2. The highest BCUT2D eigenvalue weighted by molar-refractivity contribution is 5.75. The van der Waals surface area contributed by atoms with Crippen molar-refractivity contribution in [1.82, 2.24) is 5.01 Å². The van der Waals surface area contributed by atoms with Crippen molar-refractivity contribution in [3.63, 3.8) is 0 Å². The second-order valence-corrected chi connectivity index (χ2v) is 3.65. The molecule has 0 heterocycles. The molecule has 0 unspecified atom stereocenters. The number of nitrogens with zero attached hydrogens (tertiary/aromatic N) is 1. The van der Waals surface area contributed by atoms with E-state index in [2.05, 4.69) is 6.92 Å². The number of hydrogen-bond acceptors (Lipinski definition) is 4. The molecule has 0 saturated heterocycles. The van der Waals surface area contributed by atoms with Crippen molar-refractivity contribution in [1.29, 1.82) is 0 Å². The van der Waals surface area contributed by atoms with Crippen LogP contribution in [0.25, 0.3) is 0 Å². The average Bonchev–Trinajstić information content (AvgIpc) is 2.22. The second kappa shape index (κ2) is 8.68. The van der Waals surface area contributed by atoms with Gasteiger partial charge in [-0.2, -0.15) is 0 Å². The minimum absolute atomic E-state index is 0.196. The van der Waals surface area contributed by atoms with Gasteiger partial charge in [-0.05, 0) is 19.8 Å². The summed E-state index contributed by atoms with van der Waals surface area (Å²) in [4.78, 5) is 11.6. The van der Waals surface area contributed by atoms with Crippen molar-refractivity contribution in [3.8, 4) is 0 Å². The first-order chi connectivity index (χ1) is 7.17. The Morgan fingerprint density at radius 3 is 2.47 bits per heavy atom. The van der Waals surface area contributed by atoms with Crippen LogP contribution in [0.2, 0.25) is 0 Å². The monoisotopic (exact) mass is 216 g/mol. The van der Waals surface area contributed by atoms with Gasteiger partial charge >= 0.3 is 5.97 Å². The van der Waals surface area contributed by atoms with E-state index in [1.807, 2.05) is 13.8 Å². The Morgan fingerprint density at radius 2 is 2.00 bits per heavy atom. The van der Waals surface area contributed by atoms with Gasteiger partial charge in [-0.25, -0.2) is 5.01 Å². The Bertz CT molecular complexity index is 174. The molecule has 0 bridgehead atoms. The molecule has 0 aromatic rings. The molecule has 0 amide bonds. The first-order valence-corrected chi connectivity index (χ1v) is 5.85. The summed E-state index contributed by atoms with van der Waals surface area (Å²) in [6.07, 6.45) is 3.79. The highest BCUT2D eigenvalue weighted by Gasteiger charge is 2.23. The Balaban J connectivity index is 4.16. The zero-order valence-electron chi connectivity index (χ0n) is 10.2. The standard InChI is InChI=1S/C11H24N2O2/c1-4-7-9-13(12)10(8-5-2)11(14)15-6-3/h10H,4-9,12H2,1-3H3/t10-/m0/s1. The predicted octanol–water partition coefficient (Wildman–Crippen LogP) is 1.69. The van der Waals surface area contributed by atoms with E-state index < -0.39 is 0 Å². The molecule has 2 N–H and O–H groups in total. The molecule has 0 fully saturated rings. The number of esters is 1. The minimum atomic E-state index is -0.276. The van der Waals surface area contributed by atoms with Crippen LogP contribution >= 0.6 is 0 Å². The quantitative estimate of drug-likeness (QED) is 0.381. The summed E-state index contributed by atoms with van der Waals surface area (Å²) in [6.45, 7) is 7.13. The summed E-state index contributed by atoms with van der Waals surface area (Å²) in [5.41, 5.74) is 0.